The maximum absolute atomic E-state index is 10.4. The van der Waals surface area contributed by atoms with E-state index < -0.39 is 11.4 Å². The first-order valence-electron chi connectivity index (χ1n) is 5.27. The van der Waals surface area contributed by atoms with Crippen LogP contribution in [0.1, 0.15) is 5.69 Å². The Bertz CT molecular complexity index is 517. The van der Waals surface area contributed by atoms with Gasteiger partial charge in [-0.25, -0.2) is 0 Å². The minimum absolute atomic E-state index is 0.346. The van der Waals surface area contributed by atoms with Gasteiger partial charge in [-0.15, -0.1) is 0 Å². The van der Waals surface area contributed by atoms with E-state index in [9.17, 15) is 4.21 Å². The smallest absolute Gasteiger partial charge is 0.357 e. The lowest BCUT2D eigenvalue weighted by Gasteiger charge is -2.06. The highest BCUT2D eigenvalue weighted by Crippen LogP contribution is 2.16. The normalized spacial score (nSPS) is 11.8. The summed E-state index contributed by atoms with van der Waals surface area (Å²) in [5, 5.41) is 3.19. The summed E-state index contributed by atoms with van der Waals surface area (Å²) in [6, 6.07) is 12.5. The van der Waals surface area contributed by atoms with E-state index in [1.165, 1.54) is 0 Å². The third-order valence-electron chi connectivity index (χ3n) is 2.22. The maximum Gasteiger partial charge on any atom is 0.357 e. The Morgan fingerprint density at radius 1 is 1.22 bits per heavy atom. The molecule has 6 heteroatoms. The van der Waals surface area contributed by atoms with Gasteiger partial charge in [-0.05, 0) is 36.4 Å². The molecule has 0 amide bonds. The molecule has 0 radical (unpaired) electrons. The standard InChI is InChI=1S/C12H12N2O3S/c15-18(16)17-12-6-4-10(5-7-12)14-9-11-3-1-2-8-13-11/h1-8,14H,9H2,(H,15,16). The number of hydrogen-bond donors (Lipinski definition) is 2. The Kier molecular flexibility index (Phi) is 4.27. The zero-order chi connectivity index (χ0) is 12.8. The van der Waals surface area contributed by atoms with Crippen molar-refractivity contribution >= 4 is 17.0 Å². The first-order chi connectivity index (χ1) is 8.74. The van der Waals surface area contributed by atoms with Crippen LogP contribution in [-0.2, 0) is 17.9 Å². The molecule has 94 valence electrons. The molecule has 1 unspecified atom stereocenters. The summed E-state index contributed by atoms with van der Waals surface area (Å²) < 4.78 is 23.6. The largest absolute Gasteiger partial charge is 0.380 e. The molecule has 2 N–H and O–H groups in total. The second-order valence-electron chi connectivity index (χ2n) is 3.50. The second kappa shape index (κ2) is 6.13. The van der Waals surface area contributed by atoms with Crippen LogP contribution in [0.15, 0.2) is 48.7 Å². The van der Waals surface area contributed by atoms with E-state index in [2.05, 4.69) is 14.5 Å². The number of hydrogen-bond acceptors (Lipinski definition) is 4. The monoisotopic (exact) mass is 264 g/mol. The second-order valence-corrected chi connectivity index (χ2v) is 4.10. The lowest BCUT2D eigenvalue weighted by molar-refractivity contribution is 0.458. The van der Waals surface area contributed by atoms with Gasteiger partial charge in [0.25, 0.3) is 0 Å². The van der Waals surface area contributed by atoms with E-state index in [-0.39, 0.29) is 0 Å². The quantitative estimate of drug-likeness (QED) is 0.810. The molecule has 1 atom stereocenters. The molecule has 18 heavy (non-hydrogen) atoms. The molecule has 0 fully saturated rings. The highest BCUT2D eigenvalue weighted by molar-refractivity contribution is 7.74. The number of anilines is 1. The third-order valence-corrected chi connectivity index (χ3v) is 2.56. The van der Waals surface area contributed by atoms with Crippen LogP contribution in [0.3, 0.4) is 0 Å². The minimum Gasteiger partial charge on any atom is -0.380 e. The van der Waals surface area contributed by atoms with Crippen molar-refractivity contribution in [3.8, 4) is 5.75 Å². The molecular formula is C12H12N2O3S. The van der Waals surface area contributed by atoms with E-state index in [1.54, 1.807) is 30.5 Å². The van der Waals surface area contributed by atoms with E-state index in [4.69, 9.17) is 4.55 Å². The van der Waals surface area contributed by atoms with Crippen LogP contribution in [0.4, 0.5) is 5.69 Å². The van der Waals surface area contributed by atoms with Gasteiger partial charge < -0.3 is 9.50 Å². The summed E-state index contributed by atoms with van der Waals surface area (Å²) in [7, 11) is 0. The molecule has 5 nitrogen and oxygen atoms in total. The van der Waals surface area contributed by atoms with Gasteiger partial charge in [-0.1, -0.05) is 6.07 Å². The van der Waals surface area contributed by atoms with Gasteiger partial charge in [0.1, 0.15) is 5.75 Å². The average molecular weight is 264 g/mol. The highest BCUT2D eigenvalue weighted by atomic mass is 32.2. The molecule has 0 saturated heterocycles. The zero-order valence-corrected chi connectivity index (χ0v) is 10.3. The topological polar surface area (TPSA) is 71.5 Å². The Balaban J connectivity index is 1.92. The van der Waals surface area contributed by atoms with Crippen molar-refractivity contribution in [2.24, 2.45) is 0 Å². The summed E-state index contributed by atoms with van der Waals surface area (Å²) >= 11 is -2.29. The first-order valence-corrected chi connectivity index (χ1v) is 6.30. The molecule has 0 aliphatic rings. The lowest BCUT2D eigenvalue weighted by Crippen LogP contribution is -2.01. The van der Waals surface area contributed by atoms with Crippen molar-refractivity contribution in [1.29, 1.82) is 0 Å². The van der Waals surface area contributed by atoms with Gasteiger partial charge in [0.2, 0.25) is 0 Å². The van der Waals surface area contributed by atoms with Crippen LogP contribution < -0.4 is 9.50 Å². The molecule has 0 bridgehead atoms. The summed E-state index contributed by atoms with van der Waals surface area (Å²) in [6.07, 6.45) is 1.74. The van der Waals surface area contributed by atoms with Crippen molar-refractivity contribution in [2.45, 2.75) is 6.54 Å². The molecule has 0 saturated carbocycles. The summed E-state index contributed by atoms with van der Waals surface area (Å²) in [5.74, 6) is 0.346. The van der Waals surface area contributed by atoms with Crippen molar-refractivity contribution in [1.82, 2.24) is 4.98 Å². The first kappa shape index (κ1) is 12.5. The fourth-order valence-corrected chi connectivity index (χ4v) is 1.68. The predicted molar refractivity (Wildman–Crippen MR) is 69.4 cm³/mol. The van der Waals surface area contributed by atoms with Gasteiger partial charge >= 0.3 is 11.4 Å². The fourth-order valence-electron chi connectivity index (χ4n) is 1.41. The molecule has 1 heterocycles. The van der Waals surface area contributed by atoms with Crippen LogP contribution in [0.25, 0.3) is 0 Å². The van der Waals surface area contributed by atoms with Crippen molar-refractivity contribution in [3.05, 3.63) is 54.4 Å². The van der Waals surface area contributed by atoms with Gasteiger partial charge in [0.05, 0.1) is 12.2 Å². The summed E-state index contributed by atoms with van der Waals surface area (Å²) in [6.45, 7) is 0.618. The summed E-state index contributed by atoms with van der Waals surface area (Å²) in [4.78, 5) is 4.19. The Hall–Kier alpha value is -1.92. The van der Waals surface area contributed by atoms with Gasteiger partial charge in [-0.2, -0.15) is 4.21 Å². The predicted octanol–water partition coefficient (Wildman–Crippen LogP) is 2.21. The Labute approximate surface area is 107 Å². The Morgan fingerprint density at radius 2 is 2.00 bits per heavy atom. The van der Waals surface area contributed by atoms with Crippen molar-refractivity contribution < 1.29 is 12.9 Å². The number of pyridine rings is 1. The molecule has 2 aromatic rings. The minimum atomic E-state index is -2.29. The lowest BCUT2D eigenvalue weighted by atomic mass is 10.3. The number of nitrogens with one attached hydrogen (secondary N) is 1. The van der Waals surface area contributed by atoms with Gasteiger partial charge in [0.15, 0.2) is 0 Å². The molecular weight excluding hydrogens is 252 g/mol. The third kappa shape index (κ3) is 3.83. The number of benzene rings is 1. The van der Waals surface area contributed by atoms with Crippen LogP contribution >= 0.6 is 0 Å². The zero-order valence-electron chi connectivity index (χ0n) is 9.45. The van der Waals surface area contributed by atoms with Crippen molar-refractivity contribution in [3.63, 3.8) is 0 Å². The molecule has 0 spiro atoms. The van der Waals surface area contributed by atoms with E-state index in [1.807, 2.05) is 18.2 Å². The van der Waals surface area contributed by atoms with E-state index in [0.29, 0.717) is 12.3 Å². The van der Waals surface area contributed by atoms with Gasteiger partial charge in [-0.3, -0.25) is 9.54 Å². The van der Waals surface area contributed by atoms with Crippen LogP contribution in [-0.4, -0.2) is 13.7 Å². The average Bonchev–Trinajstić information content (AvgIpc) is 2.38. The van der Waals surface area contributed by atoms with E-state index >= 15 is 0 Å². The van der Waals surface area contributed by atoms with Crippen molar-refractivity contribution in [2.75, 3.05) is 5.32 Å². The Morgan fingerprint density at radius 3 is 2.61 bits per heavy atom. The molecule has 0 aliphatic heterocycles. The number of aromatic nitrogens is 1. The van der Waals surface area contributed by atoms with Crippen LogP contribution in [0.2, 0.25) is 0 Å². The molecule has 1 aromatic carbocycles. The van der Waals surface area contributed by atoms with E-state index in [0.717, 1.165) is 11.4 Å². The highest BCUT2D eigenvalue weighted by Gasteiger charge is 1.99. The number of rotatable bonds is 5. The number of nitrogens with zero attached hydrogens (tertiary/aromatic N) is 1. The molecule has 2 rings (SSSR count). The molecule has 0 aliphatic carbocycles. The SMILES string of the molecule is O=S(O)Oc1ccc(NCc2ccccn2)cc1. The maximum atomic E-state index is 10.4. The molecule has 1 aromatic heterocycles. The van der Waals surface area contributed by atoms with Crippen LogP contribution in [0.5, 0.6) is 5.75 Å². The van der Waals surface area contributed by atoms with Crippen LogP contribution in [0, 0.1) is 0 Å². The fraction of sp³-hybridized carbons (Fsp3) is 0.0833. The summed E-state index contributed by atoms with van der Waals surface area (Å²) in [5.41, 5.74) is 1.83. The van der Waals surface area contributed by atoms with Gasteiger partial charge in [0, 0.05) is 11.9 Å².